The summed E-state index contributed by atoms with van der Waals surface area (Å²) in [6.45, 7) is 9.21. The number of pyridine rings is 1. The largest absolute Gasteiger partial charge is 0.327 e. The highest BCUT2D eigenvalue weighted by atomic mass is 32.2. The Morgan fingerprint density at radius 1 is 1.12 bits per heavy atom. The van der Waals surface area contributed by atoms with E-state index in [-0.39, 0.29) is 5.54 Å². The second-order valence-electron chi connectivity index (χ2n) is 7.95. The number of hydrogen-bond donors (Lipinski definition) is 2. The van der Waals surface area contributed by atoms with Crippen LogP contribution in [0.5, 0.6) is 0 Å². The summed E-state index contributed by atoms with van der Waals surface area (Å²) in [5.41, 5.74) is 0.161. The van der Waals surface area contributed by atoms with Crippen molar-refractivity contribution in [1.82, 2.24) is 4.31 Å². The number of H-pyrrole nitrogens is 1. The number of nitrogens with one attached hydrogen (secondary N) is 3. The maximum absolute atomic E-state index is 12.6. The summed E-state index contributed by atoms with van der Waals surface area (Å²) in [4.78, 5) is 5.12. The van der Waals surface area contributed by atoms with Crippen LogP contribution in [0, 0.1) is 0 Å². The molecule has 2 fully saturated rings. The molecule has 0 saturated carbocycles. The molecule has 0 bridgehead atoms. The standard InChI is InChI=1S/C18H30N4O2S/c1-18(2,21-10-4-3-5-11-21)15-20-17-9-8-16(14-19-17)25(23,24)22-12-6-7-13-22/h8-9,14H,3-7,10-13,15H2,1-2H3,(H,19,20)/p+2. The van der Waals surface area contributed by atoms with Crippen molar-refractivity contribution < 1.29 is 18.3 Å². The number of piperidine rings is 1. The molecule has 0 amide bonds. The molecule has 0 radical (unpaired) electrons. The second kappa shape index (κ2) is 7.60. The number of nitrogens with zero attached hydrogens (tertiary/aromatic N) is 1. The predicted molar refractivity (Wildman–Crippen MR) is 98.1 cm³/mol. The highest BCUT2D eigenvalue weighted by Crippen LogP contribution is 2.20. The predicted octanol–water partition coefficient (Wildman–Crippen LogP) is 0.545. The van der Waals surface area contributed by atoms with E-state index < -0.39 is 10.0 Å². The molecule has 2 saturated heterocycles. The van der Waals surface area contributed by atoms with Gasteiger partial charge in [-0.15, -0.1) is 0 Å². The fourth-order valence-electron chi connectivity index (χ4n) is 3.86. The number of rotatable bonds is 6. The van der Waals surface area contributed by atoms with Crippen molar-refractivity contribution in [2.75, 3.05) is 38.0 Å². The van der Waals surface area contributed by atoms with E-state index in [4.69, 9.17) is 0 Å². The van der Waals surface area contributed by atoms with Gasteiger partial charge in [-0.05, 0) is 52.0 Å². The summed E-state index contributed by atoms with van der Waals surface area (Å²) >= 11 is 0. The van der Waals surface area contributed by atoms with Crippen LogP contribution in [0.3, 0.4) is 0 Å². The lowest BCUT2D eigenvalue weighted by Crippen LogP contribution is -3.20. The van der Waals surface area contributed by atoms with Crippen molar-refractivity contribution >= 4 is 15.8 Å². The van der Waals surface area contributed by atoms with Gasteiger partial charge in [0.05, 0.1) is 13.1 Å². The monoisotopic (exact) mass is 368 g/mol. The molecule has 1 aromatic rings. The molecule has 0 atom stereocenters. The molecule has 1 aromatic heterocycles. The number of quaternary nitrogens is 1. The average Bonchev–Trinajstić information content (AvgIpc) is 3.17. The Labute approximate surface area is 151 Å². The lowest BCUT2D eigenvalue weighted by molar-refractivity contribution is -0.951. The molecule has 0 unspecified atom stereocenters. The molecule has 140 valence electrons. The van der Waals surface area contributed by atoms with Crippen molar-refractivity contribution in [3.8, 4) is 0 Å². The number of aromatic nitrogens is 1. The first-order valence-electron chi connectivity index (χ1n) is 9.50. The Hall–Kier alpha value is -1.18. The highest BCUT2D eigenvalue weighted by Gasteiger charge is 2.34. The Bertz CT molecular complexity index is 661. The fraction of sp³-hybridized carbons (Fsp3) is 0.722. The van der Waals surface area contributed by atoms with Gasteiger partial charge in [0.1, 0.15) is 23.2 Å². The Kier molecular flexibility index (Phi) is 5.65. The maximum atomic E-state index is 12.6. The normalized spacial score (nSPS) is 20.7. The van der Waals surface area contributed by atoms with Gasteiger partial charge >= 0.3 is 0 Å². The van der Waals surface area contributed by atoms with Crippen LogP contribution in [0.2, 0.25) is 0 Å². The SMILES string of the molecule is CC(C)(CNc1ccc(S(=O)(=O)N2CCCC2)c[nH+]1)[NH+]1CCCCC1. The van der Waals surface area contributed by atoms with Crippen LogP contribution in [-0.4, -0.2) is 51.0 Å². The average molecular weight is 369 g/mol. The first-order chi connectivity index (χ1) is 11.9. The third kappa shape index (κ3) is 4.33. The molecule has 3 heterocycles. The summed E-state index contributed by atoms with van der Waals surface area (Å²) in [5, 5.41) is 3.45. The highest BCUT2D eigenvalue weighted by molar-refractivity contribution is 7.89. The summed E-state index contributed by atoms with van der Waals surface area (Å²) in [6, 6.07) is 3.54. The van der Waals surface area contributed by atoms with Gasteiger partial charge in [-0.3, -0.25) is 5.32 Å². The number of aromatic amines is 1. The van der Waals surface area contributed by atoms with Gasteiger partial charge in [0.25, 0.3) is 5.82 Å². The molecule has 0 aromatic carbocycles. The summed E-state index contributed by atoms with van der Waals surface area (Å²) in [7, 11) is -3.35. The Balaban J connectivity index is 1.60. The van der Waals surface area contributed by atoms with Crippen LogP contribution in [-0.2, 0) is 10.0 Å². The van der Waals surface area contributed by atoms with E-state index in [9.17, 15) is 8.42 Å². The molecule has 3 rings (SSSR count). The van der Waals surface area contributed by atoms with Crippen molar-refractivity contribution in [2.24, 2.45) is 0 Å². The summed E-state index contributed by atoms with van der Waals surface area (Å²) in [6.07, 6.45) is 7.50. The minimum atomic E-state index is -3.35. The van der Waals surface area contributed by atoms with E-state index in [2.05, 4.69) is 24.1 Å². The van der Waals surface area contributed by atoms with Gasteiger partial charge in [-0.2, -0.15) is 4.31 Å². The maximum Gasteiger partial charge on any atom is 0.272 e. The van der Waals surface area contributed by atoms with Crippen LogP contribution in [0.25, 0.3) is 0 Å². The smallest absolute Gasteiger partial charge is 0.272 e. The van der Waals surface area contributed by atoms with E-state index in [0.29, 0.717) is 18.0 Å². The molecule has 0 spiro atoms. The number of hydrogen-bond acceptors (Lipinski definition) is 3. The number of likely N-dealkylation sites (tertiary alicyclic amines) is 1. The lowest BCUT2D eigenvalue weighted by Gasteiger charge is -2.36. The van der Waals surface area contributed by atoms with Crippen molar-refractivity contribution in [3.05, 3.63) is 18.3 Å². The molecule has 6 nitrogen and oxygen atoms in total. The van der Waals surface area contributed by atoms with Crippen LogP contribution in [0.1, 0.15) is 46.0 Å². The molecule has 0 aliphatic carbocycles. The summed E-state index contributed by atoms with van der Waals surface area (Å²) in [5.74, 6) is 0.866. The first-order valence-corrected chi connectivity index (χ1v) is 10.9. The quantitative estimate of drug-likeness (QED) is 0.770. The first kappa shape index (κ1) is 18.6. The van der Waals surface area contributed by atoms with E-state index in [0.717, 1.165) is 25.2 Å². The van der Waals surface area contributed by atoms with Gasteiger partial charge in [0, 0.05) is 19.2 Å². The Morgan fingerprint density at radius 2 is 1.80 bits per heavy atom. The van der Waals surface area contributed by atoms with E-state index in [1.807, 2.05) is 6.07 Å². The zero-order valence-corrected chi connectivity index (χ0v) is 16.3. The van der Waals surface area contributed by atoms with Gasteiger partial charge < -0.3 is 4.90 Å². The van der Waals surface area contributed by atoms with Crippen LogP contribution >= 0.6 is 0 Å². The van der Waals surface area contributed by atoms with Gasteiger partial charge in [-0.25, -0.2) is 13.4 Å². The van der Waals surface area contributed by atoms with Gasteiger partial charge in [0.2, 0.25) is 10.0 Å². The van der Waals surface area contributed by atoms with E-state index in [1.54, 1.807) is 21.5 Å². The van der Waals surface area contributed by atoms with Crippen molar-refractivity contribution in [1.29, 1.82) is 0 Å². The molecule has 25 heavy (non-hydrogen) atoms. The third-order valence-electron chi connectivity index (χ3n) is 5.62. The molecular weight excluding hydrogens is 336 g/mol. The zero-order valence-electron chi connectivity index (χ0n) is 15.5. The van der Waals surface area contributed by atoms with Crippen molar-refractivity contribution in [2.45, 2.75) is 56.4 Å². The summed E-state index contributed by atoms with van der Waals surface area (Å²) < 4.78 is 26.7. The molecule has 2 aliphatic rings. The molecule has 2 aliphatic heterocycles. The topological polar surface area (TPSA) is 68.0 Å². The number of sulfonamides is 1. The number of anilines is 1. The van der Waals surface area contributed by atoms with Crippen LogP contribution in [0.15, 0.2) is 23.2 Å². The van der Waals surface area contributed by atoms with Crippen LogP contribution < -0.4 is 15.2 Å². The fourth-order valence-corrected chi connectivity index (χ4v) is 5.34. The molecule has 7 heteroatoms. The minimum Gasteiger partial charge on any atom is -0.327 e. The Morgan fingerprint density at radius 3 is 2.40 bits per heavy atom. The molecule has 3 N–H and O–H groups in total. The van der Waals surface area contributed by atoms with Crippen LogP contribution in [0.4, 0.5) is 5.82 Å². The zero-order chi connectivity index (χ0) is 17.9. The minimum absolute atomic E-state index is 0.161. The van der Waals surface area contributed by atoms with E-state index >= 15 is 0 Å². The third-order valence-corrected chi connectivity index (χ3v) is 7.52. The van der Waals surface area contributed by atoms with Gasteiger partial charge in [-0.1, -0.05) is 0 Å². The second-order valence-corrected chi connectivity index (χ2v) is 9.89. The van der Waals surface area contributed by atoms with E-state index in [1.165, 1.54) is 32.4 Å². The van der Waals surface area contributed by atoms with Crippen molar-refractivity contribution in [3.63, 3.8) is 0 Å². The molecular formula is C18H32N4O2S+2. The van der Waals surface area contributed by atoms with Gasteiger partial charge in [0.15, 0.2) is 0 Å². The lowest BCUT2D eigenvalue weighted by atomic mass is 9.98.